The number of rotatable bonds is 3. The van der Waals surface area contributed by atoms with E-state index in [0.29, 0.717) is 12.8 Å². The van der Waals surface area contributed by atoms with Crippen LogP contribution in [-0.2, 0) is 4.74 Å². The number of nitriles is 1. The molecule has 0 bridgehead atoms. The number of non-ortho nitro benzene ring substituents is 1. The molecule has 6 nitrogen and oxygen atoms in total. The van der Waals surface area contributed by atoms with Crippen LogP contribution < -0.4 is 0 Å². The molecule has 92 valence electrons. The first-order valence-corrected chi connectivity index (χ1v) is 5.45. The first kappa shape index (κ1) is 12.0. The number of hydrogen-bond donors (Lipinski definition) is 0. The third-order valence-corrected chi connectivity index (χ3v) is 2.86. The van der Waals surface area contributed by atoms with Crippen molar-refractivity contribution in [2.75, 3.05) is 0 Å². The second-order valence-electron chi connectivity index (χ2n) is 4.13. The SMILES string of the molecule is N#C[C@H]1C[C@H](OC(=O)c2ccc([N+](=O)[O-])cc2)C1. The molecular formula is C12H10N2O4. The highest BCUT2D eigenvalue weighted by molar-refractivity contribution is 5.89. The Morgan fingerprint density at radius 3 is 2.50 bits per heavy atom. The molecule has 1 aliphatic carbocycles. The van der Waals surface area contributed by atoms with E-state index in [4.69, 9.17) is 10.00 Å². The second-order valence-corrected chi connectivity index (χ2v) is 4.13. The van der Waals surface area contributed by atoms with E-state index in [2.05, 4.69) is 6.07 Å². The van der Waals surface area contributed by atoms with Gasteiger partial charge in [-0.05, 0) is 12.1 Å². The minimum absolute atomic E-state index is 0.0281. The van der Waals surface area contributed by atoms with Crippen LogP contribution in [0.1, 0.15) is 23.2 Å². The first-order chi connectivity index (χ1) is 8.60. The van der Waals surface area contributed by atoms with Gasteiger partial charge in [0.2, 0.25) is 0 Å². The number of nitrogens with zero attached hydrogens (tertiary/aromatic N) is 2. The van der Waals surface area contributed by atoms with Crippen LogP contribution in [0.25, 0.3) is 0 Å². The Hall–Kier alpha value is -2.42. The molecule has 2 rings (SSSR count). The largest absolute Gasteiger partial charge is 0.459 e. The monoisotopic (exact) mass is 246 g/mol. The minimum Gasteiger partial charge on any atom is -0.459 e. The third-order valence-electron chi connectivity index (χ3n) is 2.86. The van der Waals surface area contributed by atoms with Crippen molar-refractivity contribution >= 4 is 11.7 Å². The van der Waals surface area contributed by atoms with Crippen molar-refractivity contribution in [1.82, 2.24) is 0 Å². The number of nitro groups is 1. The van der Waals surface area contributed by atoms with Crippen molar-refractivity contribution in [2.45, 2.75) is 18.9 Å². The van der Waals surface area contributed by atoms with Gasteiger partial charge in [-0.25, -0.2) is 4.79 Å². The van der Waals surface area contributed by atoms with Gasteiger partial charge < -0.3 is 4.74 Å². The molecule has 18 heavy (non-hydrogen) atoms. The molecule has 6 heteroatoms. The molecule has 0 unspecified atom stereocenters. The number of esters is 1. The van der Waals surface area contributed by atoms with Crippen molar-refractivity contribution in [1.29, 1.82) is 5.26 Å². The topological polar surface area (TPSA) is 93.2 Å². The van der Waals surface area contributed by atoms with E-state index >= 15 is 0 Å². The molecule has 0 radical (unpaired) electrons. The molecule has 1 aromatic rings. The summed E-state index contributed by atoms with van der Waals surface area (Å²) in [6.45, 7) is 0. The van der Waals surface area contributed by atoms with Gasteiger partial charge in [-0.3, -0.25) is 10.1 Å². The van der Waals surface area contributed by atoms with Crippen LogP contribution in [0.3, 0.4) is 0 Å². The Balaban J connectivity index is 1.94. The molecule has 0 atom stereocenters. The molecule has 0 aliphatic heterocycles. The van der Waals surface area contributed by atoms with Gasteiger partial charge >= 0.3 is 5.97 Å². The highest BCUT2D eigenvalue weighted by atomic mass is 16.6. The molecule has 0 spiro atoms. The van der Waals surface area contributed by atoms with E-state index in [0.717, 1.165) is 0 Å². The molecular weight excluding hydrogens is 236 g/mol. The quantitative estimate of drug-likeness (QED) is 0.462. The van der Waals surface area contributed by atoms with Crippen molar-refractivity contribution in [2.24, 2.45) is 5.92 Å². The normalized spacial score (nSPS) is 21.5. The van der Waals surface area contributed by atoms with E-state index in [-0.39, 0.29) is 23.3 Å². The average molecular weight is 246 g/mol. The summed E-state index contributed by atoms with van der Waals surface area (Å²) in [7, 11) is 0. The summed E-state index contributed by atoms with van der Waals surface area (Å²) in [6.07, 6.45) is 0.919. The van der Waals surface area contributed by atoms with Gasteiger partial charge in [-0.1, -0.05) is 0 Å². The zero-order chi connectivity index (χ0) is 13.1. The summed E-state index contributed by atoms with van der Waals surface area (Å²) in [4.78, 5) is 21.6. The fourth-order valence-corrected chi connectivity index (χ4v) is 1.71. The predicted molar refractivity (Wildman–Crippen MR) is 60.6 cm³/mol. The van der Waals surface area contributed by atoms with Crippen molar-refractivity contribution in [3.63, 3.8) is 0 Å². The number of nitro benzene ring substituents is 1. The maximum Gasteiger partial charge on any atom is 0.338 e. The summed E-state index contributed by atoms with van der Waals surface area (Å²) < 4.78 is 5.14. The van der Waals surface area contributed by atoms with Crippen LogP contribution in [0.15, 0.2) is 24.3 Å². The van der Waals surface area contributed by atoms with E-state index in [1.165, 1.54) is 24.3 Å². The van der Waals surface area contributed by atoms with Crippen molar-refractivity contribution < 1.29 is 14.5 Å². The molecule has 0 saturated heterocycles. The molecule has 0 aromatic heterocycles. The van der Waals surface area contributed by atoms with Crippen LogP contribution in [0.4, 0.5) is 5.69 Å². The number of benzene rings is 1. The Bertz CT molecular complexity index is 512. The number of carbonyl (C=O) groups is 1. The van der Waals surface area contributed by atoms with Gasteiger partial charge in [0, 0.05) is 25.0 Å². The van der Waals surface area contributed by atoms with Crippen LogP contribution in [0, 0.1) is 27.4 Å². The summed E-state index contributed by atoms with van der Waals surface area (Å²) >= 11 is 0. The Morgan fingerprint density at radius 2 is 2.00 bits per heavy atom. The Labute approximate surface area is 103 Å². The van der Waals surface area contributed by atoms with Crippen LogP contribution in [0.5, 0.6) is 0 Å². The van der Waals surface area contributed by atoms with Crippen molar-refractivity contribution in [3.8, 4) is 6.07 Å². The fraction of sp³-hybridized carbons (Fsp3) is 0.333. The lowest BCUT2D eigenvalue weighted by atomic mass is 9.83. The smallest absolute Gasteiger partial charge is 0.338 e. The van der Waals surface area contributed by atoms with Gasteiger partial charge in [-0.15, -0.1) is 0 Å². The fourth-order valence-electron chi connectivity index (χ4n) is 1.71. The first-order valence-electron chi connectivity index (χ1n) is 5.45. The summed E-state index contributed by atoms with van der Waals surface area (Å²) in [5, 5.41) is 19.0. The summed E-state index contributed by atoms with van der Waals surface area (Å²) in [5.74, 6) is -0.536. The minimum atomic E-state index is -0.529. The van der Waals surface area contributed by atoms with Crippen molar-refractivity contribution in [3.05, 3.63) is 39.9 Å². The molecule has 0 N–H and O–H groups in total. The van der Waals surface area contributed by atoms with E-state index in [1.807, 2.05) is 0 Å². The number of hydrogen-bond acceptors (Lipinski definition) is 5. The Kier molecular flexibility index (Phi) is 3.24. The zero-order valence-electron chi connectivity index (χ0n) is 9.41. The van der Waals surface area contributed by atoms with E-state index in [1.54, 1.807) is 0 Å². The lowest BCUT2D eigenvalue weighted by Crippen LogP contribution is -2.32. The van der Waals surface area contributed by atoms with E-state index < -0.39 is 10.9 Å². The molecule has 0 heterocycles. The van der Waals surface area contributed by atoms with Gasteiger partial charge in [-0.2, -0.15) is 5.26 Å². The van der Waals surface area contributed by atoms with Gasteiger partial charge in [0.05, 0.1) is 22.5 Å². The summed E-state index contributed by atoms with van der Waals surface area (Å²) in [6, 6.07) is 7.34. The van der Waals surface area contributed by atoms with Gasteiger partial charge in [0.1, 0.15) is 6.10 Å². The van der Waals surface area contributed by atoms with Crippen LogP contribution in [-0.4, -0.2) is 17.0 Å². The second kappa shape index (κ2) is 4.84. The third kappa shape index (κ3) is 2.46. The predicted octanol–water partition coefficient (Wildman–Crippen LogP) is 2.05. The van der Waals surface area contributed by atoms with Gasteiger partial charge in [0.15, 0.2) is 0 Å². The Morgan fingerprint density at radius 1 is 1.39 bits per heavy atom. The van der Waals surface area contributed by atoms with Crippen LogP contribution >= 0.6 is 0 Å². The van der Waals surface area contributed by atoms with E-state index in [9.17, 15) is 14.9 Å². The zero-order valence-corrected chi connectivity index (χ0v) is 9.41. The lowest BCUT2D eigenvalue weighted by Gasteiger charge is -2.29. The molecule has 1 aromatic carbocycles. The lowest BCUT2D eigenvalue weighted by molar-refractivity contribution is -0.384. The standard InChI is InChI=1S/C12H10N2O4/c13-7-8-5-11(6-8)18-12(15)9-1-3-10(4-2-9)14(16)17/h1-4,8,11H,5-6H2/t8-,11-. The summed E-state index contributed by atoms with van der Waals surface area (Å²) in [5.41, 5.74) is 0.209. The molecule has 1 fully saturated rings. The van der Waals surface area contributed by atoms with Crippen LogP contribution in [0.2, 0.25) is 0 Å². The maximum absolute atomic E-state index is 11.6. The number of carbonyl (C=O) groups excluding carboxylic acids is 1. The molecule has 1 aliphatic rings. The molecule has 0 amide bonds. The molecule has 1 saturated carbocycles. The maximum atomic E-state index is 11.6. The highest BCUT2D eigenvalue weighted by Crippen LogP contribution is 2.30. The number of ether oxygens (including phenoxy) is 1. The average Bonchev–Trinajstić information content (AvgIpc) is 2.33. The van der Waals surface area contributed by atoms with Gasteiger partial charge in [0.25, 0.3) is 5.69 Å². The highest BCUT2D eigenvalue weighted by Gasteiger charge is 2.32.